The molecule has 0 aliphatic heterocycles. The maximum absolute atomic E-state index is 13.8. The Balaban J connectivity index is 1.89. The molecular weight excluding hydrogens is 261 g/mol. The number of phenols is 1. The van der Waals surface area contributed by atoms with E-state index in [-0.39, 0.29) is 23.9 Å². The standard InChI is InChI=1S/C15H14FNO3/c16-12-4-1-5-13(18)14(12)15(19)17(10-6-7-10)9-11-3-2-8-20-11/h1-5,8,10,18H,6-7,9H2. The molecule has 1 heterocycles. The summed E-state index contributed by atoms with van der Waals surface area (Å²) >= 11 is 0. The third-order valence-electron chi connectivity index (χ3n) is 3.36. The number of rotatable bonds is 4. The molecule has 1 aromatic heterocycles. The number of hydrogen-bond donors (Lipinski definition) is 1. The van der Waals surface area contributed by atoms with Crippen LogP contribution in [-0.4, -0.2) is 22.0 Å². The van der Waals surface area contributed by atoms with Gasteiger partial charge in [-0.2, -0.15) is 0 Å². The van der Waals surface area contributed by atoms with Gasteiger partial charge in [0, 0.05) is 6.04 Å². The van der Waals surface area contributed by atoms with E-state index >= 15 is 0 Å². The SMILES string of the molecule is O=C(c1c(O)cccc1F)N(Cc1ccco1)C1CC1. The molecule has 0 unspecified atom stereocenters. The molecular formula is C15H14FNO3. The van der Waals surface area contributed by atoms with Crippen LogP contribution in [0, 0.1) is 5.82 Å². The lowest BCUT2D eigenvalue weighted by Gasteiger charge is -2.22. The van der Waals surface area contributed by atoms with Crippen molar-refractivity contribution in [2.45, 2.75) is 25.4 Å². The summed E-state index contributed by atoms with van der Waals surface area (Å²) in [5, 5.41) is 9.73. The highest BCUT2D eigenvalue weighted by Gasteiger charge is 2.35. The Kier molecular flexibility index (Phi) is 3.18. The highest BCUT2D eigenvalue weighted by molar-refractivity contribution is 5.97. The smallest absolute Gasteiger partial charge is 0.261 e. The summed E-state index contributed by atoms with van der Waals surface area (Å²) in [6.07, 6.45) is 3.31. The van der Waals surface area contributed by atoms with Gasteiger partial charge in [0.25, 0.3) is 5.91 Å². The van der Waals surface area contributed by atoms with Crippen molar-refractivity contribution in [3.8, 4) is 5.75 Å². The molecule has 1 aromatic carbocycles. The summed E-state index contributed by atoms with van der Waals surface area (Å²) < 4.78 is 19.0. The Morgan fingerprint density at radius 3 is 2.75 bits per heavy atom. The first-order valence-corrected chi connectivity index (χ1v) is 6.47. The Morgan fingerprint density at radius 1 is 1.35 bits per heavy atom. The van der Waals surface area contributed by atoms with Crippen molar-refractivity contribution >= 4 is 5.91 Å². The summed E-state index contributed by atoms with van der Waals surface area (Å²) in [5.41, 5.74) is -0.272. The molecule has 1 aliphatic carbocycles. The molecule has 4 nitrogen and oxygen atoms in total. The van der Waals surface area contributed by atoms with Crippen LogP contribution in [0.2, 0.25) is 0 Å². The number of nitrogens with zero attached hydrogens (tertiary/aromatic N) is 1. The second-order valence-corrected chi connectivity index (χ2v) is 4.88. The van der Waals surface area contributed by atoms with Gasteiger partial charge in [-0.05, 0) is 37.1 Å². The van der Waals surface area contributed by atoms with E-state index in [0.717, 1.165) is 12.8 Å². The Morgan fingerprint density at radius 2 is 2.15 bits per heavy atom. The van der Waals surface area contributed by atoms with E-state index in [0.29, 0.717) is 5.76 Å². The summed E-state index contributed by atoms with van der Waals surface area (Å²) in [7, 11) is 0. The van der Waals surface area contributed by atoms with Crippen LogP contribution in [0.25, 0.3) is 0 Å². The maximum Gasteiger partial charge on any atom is 0.261 e. The quantitative estimate of drug-likeness (QED) is 0.933. The molecule has 0 saturated heterocycles. The van der Waals surface area contributed by atoms with Gasteiger partial charge in [-0.1, -0.05) is 6.07 Å². The molecule has 104 valence electrons. The zero-order valence-corrected chi connectivity index (χ0v) is 10.8. The zero-order chi connectivity index (χ0) is 14.1. The van der Waals surface area contributed by atoms with Gasteiger partial charge in [-0.15, -0.1) is 0 Å². The fourth-order valence-corrected chi connectivity index (χ4v) is 2.19. The van der Waals surface area contributed by atoms with Gasteiger partial charge in [-0.3, -0.25) is 4.79 Å². The second kappa shape index (κ2) is 5.00. The number of halogens is 1. The largest absolute Gasteiger partial charge is 0.507 e. The van der Waals surface area contributed by atoms with Crippen LogP contribution in [0.15, 0.2) is 41.0 Å². The van der Waals surface area contributed by atoms with Gasteiger partial charge in [0.2, 0.25) is 0 Å². The number of carbonyl (C=O) groups excluding carboxylic acids is 1. The van der Waals surface area contributed by atoms with E-state index in [1.54, 1.807) is 17.0 Å². The van der Waals surface area contributed by atoms with Gasteiger partial charge in [-0.25, -0.2) is 4.39 Å². The highest BCUT2D eigenvalue weighted by Crippen LogP contribution is 2.32. The van der Waals surface area contributed by atoms with Crippen molar-refractivity contribution in [1.82, 2.24) is 4.90 Å². The molecule has 1 fully saturated rings. The van der Waals surface area contributed by atoms with E-state index in [2.05, 4.69) is 0 Å². The minimum Gasteiger partial charge on any atom is -0.507 e. The van der Waals surface area contributed by atoms with Gasteiger partial charge < -0.3 is 14.4 Å². The minimum absolute atomic E-state index is 0.0895. The summed E-state index contributed by atoms with van der Waals surface area (Å²) in [5.74, 6) is -0.902. The molecule has 1 saturated carbocycles. The average Bonchev–Trinajstić information content (AvgIpc) is 3.12. The van der Waals surface area contributed by atoms with Crippen molar-refractivity contribution in [3.05, 3.63) is 53.7 Å². The molecule has 0 spiro atoms. The lowest BCUT2D eigenvalue weighted by atomic mass is 10.1. The van der Waals surface area contributed by atoms with Crippen LogP contribution in [0.3, 0.4) is 0 Å². The normalized spacial score (nSPS) is 14.2. The van der Waals surface area contributed by atoms with Gasteiger partial charge in [0.15, 0.2) is 0 Å². The number of phenolic OH excluding ortho intramolecular Hbond substituents is 1. The zero-order valence-electron chi connectivity index (χ0n) is 10.8. The molecule has 2 aromatic rings. The Bertz CT molecular complexity index is 600. The van der Waals surface area contributed by atoms with Crippen molar-refractivity contribution in [1.29, 1.82) is 0 Å². The molecule has 0 atom stereocenters. The number of aromatic hydroxyl groups is 1. The van der Waals surface area contributed by atoms with Gasteiger partial charge in [0.1, 0.15) is 22.9 Å². The number of hydrogen-bond acceptors (Lipinski definition) is 3. The lowest BCUT2D eigenvalue weighted by molar-refractivity contribution is 0.0709. The molecule has 0 radical (unpaired) electrons. The van der Waals surface area contributed by atoms with Crippen LogP contribution in [-0.2, 0) is 6.54 Å². The first-order valence-electron chi connectivity index (χ1n) is 6.47. The third-order valence-corrected chi connectivity index (χ3v) is 3.36. The van der Waals surface area contributed by atoms with Crippen LogP contribution in [0.1, 0.15) is 29.0 Å². The van der Waals surface area contributed by atoms with Crippen molar-refractivity contribution in [2.75, 3.05) is 0 Å². The maximum atomic E-state index is 13.8. The topological polar surface area (TPSA) is 53.7 Å². The summed E-state index contributed by atoms with van der Waals surface area (Å²) in [6.45, 7) is 0.282. The van der Waals surface area contributed by atoms with Crippen molar-refractivity contribution in [2.24, 2.45) is 0 Å². The van der Waals surface area contributed by atoms with Crippen LogP contribution >= 0.6 is 0 Å². The predicted octanol–water partition coefficient (Wildman–Crippen LogP) is 2.93. The number of benzene rings is 1. The van der Waals surface area contributed by atoms with E-state index in [9.17, 15) is 14.3 Å². The van der Waals surface area contributed by atoms with Crippen molar-refractivity contribution < 1.29 is 18.7 Å². The Labute approximate surface area is 115 Å². The molecule has 1 aliphatic rings. The predicted molar refractivity (Wildman–Crippen MR) is 69.7 cm³/mol. The van der Waals surface area contributed by atoms with E-state index in [1.165, 1.54) is 24.5 Å². The van der Waals surface area contributed by atoms with E-state index in [4.69, 9.17) is 4.42 Å². The molecule has 3 rings (SSSR count). The molecule has 0 bridgehead atoms. The van der Waals surface area contributed by atoms with Gasteiger partial charge >= 0.3 is 0 Å². The average molecular weight is 275 g/mol. The monoisotopic (exact) mass is 275 g/mol. The van der Waals surface area contributed by atoms with Crippen LogP contribution in [0.4, 0.5) is 4.39 Å². The first-order chi connectivity index (χ1) is 9.66. The fraction of sp³-hybridized carbons (Fsp3) is 0.267. The first kappa shape index (κ1) is 12.7. The number of carbonyl (C=O) groups is 1. The fourth-order valence-electron chi connectivity index (χ4n) is 2.19. The van der Waals surface area contributed by atoms with Gasteiger partial charge in [0.05, 0.1) is 12.8 Å². The molecule has 20 heavy (non-hydrogen) atoms. The number of amides is 1. The van der Waals surface area contributed by atoms with Crippen LogP contribution in [0.5, 0.6) is 5.75 Å². The second-order valence-electron chi connectivity index (χ2n) is 4.88. The highest BCUT2D eigenvalue weighted by atomic mass is 19.1. The van der Waals surface area contributed by atoms with Crippen molar-refractivity contribution in [3.63, 3.8) is 0 Å². The molecule has 5 heteroatoms. The molecule has 1 N–H and O–H groups in total. The summed E-state index contributed by atoms with van der Waals surface area (Å²) in [4.78, 5) is 14.0. The van der Waals surface area contributed by atoms with Crippen LogP contribution < -0.4 is 0 Å². The molecule has 1 amide bonds. The Hall–Kier alpha value is -2.30. The van der Waals surface area contributed by atoms with E-state index < -0.39 is 11.7 Å². The summed E-state index contributed by atoms with van der Waals surface area (Å²) in [6, 6.07) is 7.45. The lowest BCUT2D eigenvalue weighted by Crippen LogP contribution is -2.33. The minimum atomic E-state index is -0.708. The van der Waals surface area contributed by atoms with E-state index in [1.807, 2.05) is 0 Å². The number of furan rings is 1. The third kappa shape index (κ3) is 2.39.